The maximum absolute atomic E-state index is 13.2. The van der Waals surface area contributed by atoms with Crippen LogP contribution in [0.25, 0.3) is 0 Å². The standard InChI is InChI=1S/C23H27N3OS/c1-18(2)28-22-7-4-3-6-21(22)23(27)26-13-5-12-25(14-15-26)17-20-10-8-19(16-24)9-11-20/h3-4,6-11,18H,5,12-15,17H2,1-2H3. The highest BCUT2D eigenvalue weighted by Gasteiger charge is 2.22. The number of nitriles is 1. The fourth-order valence-corrected chi connectivity index (χ4v) is 4.39. The van der Waals surface area contributed by atoms with E-state index in [9.17, 15) is 4.79 Å². The molecule has 28 heavy (non-hydrogen) atoms. The highest BCUT2D eigenvalue weighted by Crippen LogP contribution is 2.27. The second-order valence-corrected chi connectivity index (χ2v) is 9.01. The predicted molar refractivity (Wildman–Crippen MR) is 114 cm³/mol. The number of hydrogen-bond acceptors (Lipinski definition) is 4. The molecular formula is C23H27N3OS. The summed E-state index contributed by atoms with van der Waals surface area (Å²) in [5, 5.41) is 9.38. The van der Waals surface area contributed by atoms with Gasteiger partial charge in [0.2, 0.25) is 0 Å². The van der Waals surface area contributed by atoms with Gasteiger partial charge in [-0.05, 0) is 36.2 Å². The molecule has 1 aliphatic rings. The minimum atomic E-state index is 0.143. The van der Waals surface area contributed by atoms with Crippen LogP contribution in [0.5, 0.6) is 0 Å². The van der Waals surface area contributed by atoms with Gasteiger partial charge in [0, 0.05) is 42.9 Å². The van der Waals surface area contributed by atoms with Crippen LogP contribution in [0.1, 0.15) is 41.8 Å². The molecule has 0 atom stereocenters. The topological polar surface area (TPSA) is 47.3 Å². The third kappa shape index (κ3) is 5.37. The molecule has 0 aromatic heterocycles. The Morgan fingerprint density at radius 3 is 2.54 bits per heavy atom. The van der Waals surface area contributed by atoms with Gasteiger partial charge in [0.05, 0.1) is 17.2 Å². The van der Waals surface area contributed by atoms with Gasteiger partial charge in [0.25, 0.3) is 5.91 Å². The van der Waals surface area contributed by atoms with E-state index < -0.39 is 0 Å². The molecule has 146 valence electrons. The predicted octanol–water partition coefficient (Wildman–Crippen LogP) is 4.41. The molecule has 1 saturated heterocycles. The summed E-state index contributed by atoms with van der Waals surface area (Å²) in [5.74, 6) is 0.143. The van der Waals surface area contributed by atoms with Gasteiger partial charge in [-0.3, -0.25) is 9.69 Å². The van der Waals surface area contributed by atoms with E-state index in [1.54, 1.807) is 11.8 Å². The molecule has 0 bridgehead atoms. The molecule has 0 saturated carbocycles. The Labute approximate surface area is 172 Å². The minimum Gasteiger partial charge on any atom is -0.337 e. The first-order valence-corrected chi connectivity index (χ1v) is 10.7. The van der Waals surface area contributed by atoms with Crippen molar-refractivity contribution in [3.63, 3.8) is 0 Å². The highest BCUT2D eigenvalue weighted by atomic mass is 32.2. The summed E-state index contributed by atoms with van der Waals surface area (Å²) in [5.41, 5.74) is 2.72. The summed E-state index contributed by atoms with van der Waals surface area (Å²) in [6.45, 7) is 8.54. The Balaban J connectivity index is 1.63. The van der Waals surface area contributed by atoms with E-state index in [0.717, 1.165) is 49.6 Å². The van der Waals surface area contributed by atoms with Crippen LogP contribution in [0, 0.1) is 11.3 Å². The van der Waals surface area contributed by atoms with Crippen LogP contribution in [0.15, 0.2) is 53.4 Å². The summed E-state index contributed by atoms with van der Waals surface area (Å²) in [6.07, 6.45) is 0.974. The first-order chi connectivity index (χ1) is 13.6. The van der Waals surface area contributed by atoms with E-state index in [4.69, 9.17) is 5.26 Å². The van der Waals surface area contributed by atoms with Crippen LogP contribution >= 0.6 is 11.8 Å². The number of amides is 1. The van der Waals surface area contributed by atoms with Crippen LogP contribution in [0.3, 0.4) is 0 Å². The van der Waals surface area contributed by atoms with Gasteiger partial charge in [-0.25, -0.2) is 0 Å². The van der Waals surface area contributed by atoms with E-state index in [0.29, 0.717) is 10.8 Å². The van der Waals surface area contributed by atoms with E-state index in [1.165, 1.54) is 5.56 Å². The van der Waals surface area contributed by atoms with E-state index >= 15 is 0 Å². The summed E-state index contributed by atoms with van der Waals surface area (Å²) in [4.78, 5) is 18.6. The Morgan fingerprint density at radius 2 is 1.82 bits per heavy atom. The molecule has 1 aliphatic heterocycles. The summed E-state index contributed by atoms with van der Waals surface area (Å²) >= 11 is 1.75. The van der Waals surface area contributed by atoms with Crippen molar-refractivity contribution < 1.29 is 4.79 Å². The molecule has 0 unspecified atom stereocenters. The lowest BCUT2D eigenvalue weighted by molar-refractivity contribution is 0.0757. The SMILES string of the molecule is CC(C)Sc1ccccc1C(=O)N1CCCN(Cc2ccc(C#N)cc2)CC1. The number of carbonyl (C=O) groups is 1. The van der Waals surface area contributed by atoms with Gasteiger partial charge >= 0.3 is 0 Å². The molecule has 3 rings (SSSR count). The van der Waals surface area contributed by atoms with Crippen LogP contribution in [-0.4, -0.2) is 47.1 Å². The molecule has 1 heterocycles. The Kier molecular flexibility index (Phi) is 7.13. The second kappa shape index (κ2) is 9.77. The van der Waals surface area contributed by atoms with E-state index in [-0.39, 0.29) is 5.91 Å². The van der Waals surface area contributed by atoms with Gasteiger partial charge in [0.1, 0.15) is 0 Å². The number of nitrogens with zero attached hydrogens (tertiary/aromatic N) is 3. The quantitative estimate of drug-likeness (QED) is 0.706. The number of hydrogen-bond donors (Lipinski definition) is 0. The van der Waals surface area contributed by atoms with Crippen molar-refractivity contribution in [2.75, 3.05) is 26.2 Å². The zero-order valence-corrected chi connectivity index (χ0v) is 17.4. The fourth-order valence-electron chi connectivity index (χ4n) is 3.45. The molecular weight excluding hydrogens is 366 g/mol. The lowest BCUT2D eigenvalue weighted by atomic mass is 10.1. The maximum atomic E-state index is 13.2. The summed E-state index contributed by atoms with van der Waals surface area (Å²) < 4.78 is 0. The number of rotatable bonds is 5. The van der Waals surface area contributed by atoms with Gasteiger partial charge in [-0.1, -0.05) is 38.1 Å². The first kappa shape index (κ1) is 20.4. The number of carbonyl (C=O) groups excluding carboxylic acids is 1. The van der Waals surface area contributed by atoms with Crippen molar-refractivity contribution in [3.05, 3.63) is 65.2 Å². The number of thioether (sulfide) groups is 1. The third-order valence-corrected chi connectivity index (χ3v) is 5.93. The molecule has 0 N–H and O–H groups in total. The fraction of sp³-hybridized carbons (Fsp3) is 0.391. The minimum absolute atomic E-state index is 0.143. The summed E-state index contributed by atoms with van der Waals surface area (Å²) in [7, 11) is 0. The van der Waals surface area contributed by atoms with Crippen molar-refractivity contribution in [2.45, 2.75) is 37.0 Å². The molecule has 2 aromatic carbocycles. The molecule has 4 nitrogen and oxygen atoms in total. The van der Waals surface area contributed by atoms with Crippen LogP contribution in [-0.2, 0) is 6.54 Å². The average molecular weight is 394 g/mol. The highest BCUT2D eigenvalue weighted by molar-refractivity contribution is 8.00. The zero-order valence-electron chi connectivity index (χ0n) is 16.6. The van der Waals surface area contributed by atoms with Crippen molar-refractivity contribution in [1.29, 1.82) is 5.26 Å². The largest absolute Gasteiger partial charge is 0.337 e. The molecule has 0 aliphatic carbocycles. The monoisotopic (exact) mass is 393 g/mol. The lowest BCUT2D eigenvalue weighted by Crippen LogP contribution is -2.35. The van der Waals surface area contributed by atoms with Crippen molar-refractivity contribution >= 4 is 17.7 Å². The molecule has 1 amide bonds. The summed E-state index contributed by atoms with van der Waals surface area (Å²) in [6, 6.07) is 17.9. The average Bonchev–Trinajstić information content (AvgIpc) is 2.94. The van der Waals surface area contributed by atoms with Gasteiger partial charge < -0.3 is 4.90 Å². The molecule has 0 spiro atoms. The van der Waals surface area contributed by atoms with Crippen LogP contribution < -0.4 is 0 Å². The number of benzene rings is 2. The van der Waals surface area contributed by atoms with Crippen molar-refractivity contribution in [2.24, 2.45) is 0 Å². The Bertz CT molecular complexity index is 842. The zero-order chi connectivity index (χ0) is 19.9. The smallest absolute Gasteiger partial charge is 0.255 e. The Morgan fingerprint density at radius 1 is 1.07 bits per heavy atom. The first-order valence-electron chi connectivity index (χ1n) is 9.83. The maximum Gasteiger partial charge on any atom is 0.255 e. The molecule has 5 heteroatoms. The normalized spacial score (nSPS) is 15.3. The lowest BCUT2D eigenvalue weighted by Gasteiger charge is -2.23. The van der Waals surface area contributed by atoms with Gasteiger partial charge in [-0.15, -0.1) is 11.8 Å². The Hall–Kier alpha value is -2.29. The third-order valence-electron chi connectivity index (χ3n) is 4.85. The second-order valence-electron chi connectivity index (χ2n) is 7.39. The molecule has 2 aromatic rings. The van der Waals surface area contributed by atoms with Gasteiger partial charge in [0.15, 0.2) is 0 Å². The molecule has 1 fully saturated rings. The van der Waals surface area contributed by atoms with Crippen LogP contribution in [0.4, 0.5) is 0 Å². The van der Waals surface area contributed by atoms with Gasteiger partial charge in [-0.2, -0.15) is 5.26 Å². The van der Waals surface area contributed by atoms with Crippen molar-refractivity contribution in [1.82, 2.24) is 9.80 Å². The molecule has 0 radical (unpaired) electrons. The van der Waals surface area contributed by atoms with Crippen LogP contribution in [0.2, 0.25) is 0 Å². The van der Waals surface area contributed by atoms with E-state index in [2.05, 4.69) is 24.8 Å². The van der Waals surface area contributed by atoms with E-state index in [1.807, 2.05) is 53.4 Å². The van der Waals surface area contributed by atoms with Crippen molar-refractivity contribution in [3.8, 4) is 6.07 Å².